The second-order valence-corrected chi connectivity index (χ2v) is 7.47. The van der Waals surface area contributed by atoms with E-state index < -0.39 is 23.5 Å². The van der Waals surface area contributed by atoms with Gasteiger partial charge in [0.05, 0.1) is 5.54 Å². The van der Waals surface area contributed by atoms with Gasteiger partial charge in [-0.25, -0.2) is 4.79 Å². The number of hydrogen-bond acceptors (Lipinski definition) is 6. The van der Waals surface area contributed by atoms with Crippen molar-refractivity contribution in [3.05, 3.63) is 23.8 Å². The fraction of sp³-hybridized carbons (Fsp3) is 0.579. The van der Waals surface area contributed by atoms with Crippen LogP contribution in [0.25, 0.3) is 0 Å². The van der Waals surface area contributed by atoms with E-state index in [0.29, 0.717) is 5.56 Å². The first kappa shape index (κ1) is 20.0. The average Bonchev–Trinajstić information content (AvgIpc) is 2.57. The largest absolute Gasteiger partial charge is 0.504 e. The maximum atomic E-state index is 12.6. The van der Waals surface area contributed by atoms with Gasteiger partial charge in [0.15, 0.2) is 11.5 Å². The lowest BCUT2D eigenvalue weighted by molar-refractivity contribution is -0.154. The fourth-order valence-corrected chi connectivity index (χ4v) is 2.90. The third-order valence-electron chi connectivity index (χ3n) is 4.49. The number of ether oxygens (including phenoxy) is 1. The van der Waals surface area contributed by atoms with Gasteiger partial charge < -0.3 is 26.0 Å². The molecule has 144 valence electrons. The van der Waals surface area contributed by atoms with Crippen molar-refractivity contribution in [2.75, 3.05) is 0 Å². The molecule has 1 atom stereocenters. The van der Waals surface area contributed by atoms with Crippen molar-refractivity contribution in [2.24, 2.45) is 5.73 Å². The van der Waals surface area contributed by atoms with Crippen LogP contribution in [0.4, 0.5) is 0 Å². The normalized spacial score (nSPS) is 16.7. The van der Waals surface area contributed by atoms with Crippen LogP contribution in [-0.4, -0.2) is 39.8 Å². The Morgan fingerprint density at radius 2 is 1.88 bits per heavy atom. The van der Waals surface area contributed by atoms with Crippen LogP contribution in [0.3, 0.4) is 0 Å². The standard InChI is InChI=1S/C19H28N2O5/c1-19(2,20)18(25)21-14(10-12-8-9-15(22)16(23)11-12)17(24)26-13-6-4-3-5-7-13/h8-9,11,13-14,22-23H,3-7,10,20H2,1-2H3,(H,21,25)/t14-/m0/s1. The predicted octanol–water partition coefficient (Wildman–Crippen LogP) is 1.74. The number of phenols is 2. The molecular weight excluding hydrogens is 336 g/mol. The molecule has 0 saturated heterocycles. The molecule has 0 heterocycles. The Kier molecular flexibility index (Phi) is 6.47. The van der Waals surface area contributed by atoms with Gasteiger partial charge in [0.25, 0.3) is 0 Å². The summed E-state index contributed by atoms with van der Waals surface area (Å²) in [5.74, 6) is -1.51. The van der Waals surface area contributed by atoms with E-state index in [0.717, 1.165) is 32.1 Å². The van der Waals surface area contributed by atoms with Gasteiger partial charge in [-0.15, -0.1) is 0 Å². The number of benzene rings is 1. The molecule has 0 radical (unpaired) electrons. The Bertz CT molecular complexity index is 648. The van der Waals surface area contributed by atoms with Crippen LogP contribution >= 0.6 is 0 Å². The molecule has 1 aliphatic carbocycles. The first-order chi connectivity index (χ1) is 12.2. The van der Waals surface area contributed by atoms with Gasteiger partial charge in [-0.05, 0) is 57.2 Å². The third-order valence-corrected chi connectivity index (χ3v) is 4.49. The van der Waals surface area contributed by atoms with E-state index in [-0.39, 0.29) is 24.0 Å². The van der Waals surface area contributed by atoms with Crippen LogP contribution < -0.4 is 11.1 Å². The summed E-state index contributed by atoms with van der Waals surface area (Å²) >= 11 is 0. The summed E-state index contributed by atoms with van der Waals surface area (Å²) in [5, 5.41) is 21.7. The number of aromatic hydroxyl groups is 2. The van der Waals surface area contributed by atoms with Gasteiger partial charge in [-0.3, -0.25) is 4.79 Å². The topological polar surface area (TPSA) is 122 Å². The highest BCUT2D eigenvalue weighted by Gasteiger charge is 2.31. The molecule has 1 saturated carbocycles. The Morgan fingerprint density at radius 1 is 1.23 bits per heavy atom. The number of esters is 1. The molecule has 0 bridgehead atoms. The van der Waals surface area contributed by atoms with Gasteiger partial charge in [0, 0.05) is 6.42 Å². The average molecular weight is 364 g/mol. The molecule has 1 aromatic carbocycles. The zero-order valence-electron chi connectivity index (χ0n) is 15.3. The SMILES string of the molecule is CC(C)(N)C(=O)N[C@@H](Cc1ccc(O)c(O)c1)C(=O)OC1CCCCC1. The number of rotatable bonds is 6. The smallest absolute Gasteiger partial charge is 0.329 e. The molecule has 1 amide bonds. The molecule has 26 heavy (non-hydrogen) atoms. The van der Waals surface area contributed by atoms with Gasteiger partial charge >= 0.3 is 5.97 Å². The van der Waals surface area contributed by atoms with Crippen LogP contribution in [0.1, 0.15) is 51.5 Å². The lowest BCUT2D eigenvalue weighted by Gasteiger charge is -2.27. The molecule has 1 aromatic rings. The van der Waals surface area contributed by atoms with Crippen LogP contribution in [-0.2, 0) is 20.7 Å². The van der Waals surface area contributed by atoms with Crippen LogP contribution in [0, 0.1) is 0 Å². The Balaban J connectivity index is 2.12. The summed E-state index contributed by atoms with van der Waals surface area (Å²) in [6.07, 6.45) is 4.84. The molecule has 1 aliphatic rings. The van der Waals surface area contributed by atoms with E-state index in [4.69, 9.17) is 10.5 Å². The number of hydrogen-bond donors (Lipinski definition) is 4. The van der Waals surface area contributed by atoms with Crippen molar-refractivity contribution in [3.63, 3.8) is 0 Å². The second-order valence-electron chi connectivity index (χ2n) is 7.47. The van der Waals surface area contributed by atoms with E-state index in [1.165, 1.54) is 12.1 Å². The summed E-state index contributed by atoms with van der Waals surface area (Å²) in [6.45, 7) is 3.11. The van der Waals surface area contributed by atoms with Crippen LogP contribution in [0.2, 0.25) is 0 Å². The summed E-state index contributed by atoms with van der Waals surface area (Å²) in [7, 11) is 0. The number of nitrogens with two attached hydrogens (primary N) is 1. The van der Waals surface area contributed by atoms with E-state index in [2.05, 4.69) is 5.32 Å². The van der Waals surface area contributed by atoms with Crippen molar-refractivity contribution in [1.29, 1.82) is 0 Å². The lowest BCUT2D eigenvalue weighted by Crippen LogP contribution is -2.55. The molecule has 0 spiro atoms. The minimum atomic E-state index is -1.14. The Hall–Kier alpha value is -2.28. The van der Waals surface area contributed by atoms with Crippen molar-refractivity contribution < 1.29 is 24.5 Å². The maximum Gasteiger partial charge on any atom is 0.329 e. The van der Waals surface area contributed by atoms with Crippen molar-refractivity contribution in [1.82, 2.24) is 5.32 Å². The fourth-order valence-electron chi connectivity index (χ4n) is 2.90. The first-order valence-corrected chi connectivity index (χ1v) is 8.98. The minimum absolute atomic E-state index is 0.126. The van der Waals surface area contributed by atoms with Crippen molar-refractivity contribution in [3.8, 4) is 11.5 Å². The van der Waals surface area contributed by atoms with Gasteiger partial charge in [-0.1, -0.05) is 12.5 Å². The molecule has 0 unspecified atom stereocenters. The molecule has 0 aromatic heterocycles. The number of phenolic OH excluding ortho intramolecular Hbond substituents is 2. The van der Waals surface area contributed by atoms with Gasteiger partial charge in [-0.2, -0.15) is 0 Å². The first-order valence-electron chi connectivity index (χ1n) is 8.98. The monoisotopic (exact) mass is 364 g/mol. The highest BCUT2D eigenvalue weighted by atomic mass is 16.5. The van der Waals surface area contributed by atoms with E-state index in [9.17, 15) is 19.8 Å². The highest BCUT2D eigenvalue weighted by Crippen LogP contribution is 2.26. The second kappa shape index (κ2) is 8.40. The Labute approximate surface area is 153 Å². The van der Waals surface area contributed by atoms with Crippen molar-refractivity contribution in [2.45, 2.75) is 70.1 Å². The van der Waals surface area contributed by atoms with E-state index in [1.807, 2.05) is 0 Å². The summed E-state index contributed by atoms with van der Waals surface area (Å²) in [5.41, 5.74) is 5.26. The van der Waals surface area contributed by atoms with E-state index >= 15 is 0 Å². The summed E-state index contributed by atoms with van der Waals surface area (Å²) in [4.78, 5) is 24.9. The predicted molar refractivity (Wildman–Crippen MR) is 96.6 cm³/mol. The summed E-state index contributed by atoms with van der Waals surface area (Å²) < 4.78 is 5.59. The third kappa shape index (κ3) is 5.62. The number of carbonyl (C=O) groups excluding carboxylic acids is 2. The van der Waals surface area contributed by atoms with E-state index in [1.54, 1.807) is 19.9 Å². The zero-order valence-corrected chi connectivity index (χ0v) is 15.3. The quantitative estimate of drug-likeness (QED) is 0.450. The molecule has 0 aliphatic heterocycles. The number of nitrogens with one attached hydrogen (secondary N) is 1. The number of amides is 1. The molecule has 1 fully saturated rings. The van der Waals surface area contributed by atoms with Crippen LogP contribution in [0.15, 0.2) is 18.2 Å². The Morgan fingerprint density at radius 3 is 2.46 bits per heavy atom. The highest BCUT2D eigenvalue weighted by molar-refractivity contribution is 5.89. The summed E-state index contributed by atoms with van der Waals surface area (Å²) in [6, 6.07) is 3.35. The lowest BCUT2D eigenvalue weighted by atomic mass is 9.97. The zero-order chi connectivity index (χ0) is 19.3. The molecule has 7 heteroatoms. The molecule has 7 nitrogen and oxygen atoms in total. The number of carbonyl (C=O) groups is 2. The molecule has 2 rings (SSSR count). The molecule has 5 N–H and O–H groups in total. The molecular formula is C19H28N2O5. The van der Waals surface area contributed by atoms with Gasteiger partial charge in [0.2, 0.25) is 5.91 Å². The van der Waals surface area contributed by atoms with Crippen LogP contribution in [0.5, 0.6) is 11.5 Å². The minimum Gasteiger partial charge on any atom is -0.504 e. The van der Waals surface area contributed by atoms with Crippen molar-refractivity contribution >= 4 is 11.9 Å². The van der Waals surface area contributed by atoms with Gasteiger partial charge in [0.1, 0.15) is 12.1 Å². The maximum absolute atomic E-state index is 12.6.